The van der Waals surface area contributed by atoms with Crippen molar-refractivity contribution in [1.82, 2.24) is 5.43 Å². The van der Waals surface area contributed by atoms with Crippen molar-refractivity contribution in [2.45, 2.75) is 26.4 Å². The van der Waals surface area contributed by atoms with Crippen molar-refractivity contribution >= 4 is 12.1 Å². The number of carbonyl (C=O) groups excluding carboxylic acids is 1. The van der Waals surface area contributed by atoms with Crippen LogP contribution in [0.3, 0.4) is 0 Å². The Hall–Kier alpha value is -2.82. The van der Waals surface area contributed by atoms with Gasteiger partial charge in [0, 0.05) is 23.1 Å². The number of hydrogen-bond acceptors (Lipinski definition) is 4. The van der Waals surface area contributed by atoms with Gasteiger partial charge in [-0.3, -0.25) is 4.79 Å². The Morgan fingerprint density at radius 1 is 1.38 bits per heavy atom. The molecule has 124 valence electrons. The molecule has 3 rings (SSSR count). The lowest BCUT2D eigenvalue weighted by Gasteiger charge is -2.09. The third-order valence-corrected chi connectivity index (χ3v) is 3.73. The Balaban J connectivity index is 1.76. The molecule has 0 fully saturated rings. The molecular weight excluding hydrogens is 304 g/mol. The molecule has 1 aliphatic heterocycles. The highest BCUT2D eigenvalue weighted by Crippen LogP contribution is 2.34. The number of nitrogens with zero attached hydrogens (tertiary/aromatic N) is 1. The third kappa shape index (κ3) is 3.56. The molecule has 5 heteroatoms. The van der Waals surface area contributed by atoms with Gasteiger partial charge in [0.25, 0.3) is 5.91 Å². The van der Waals surface area contributed by atoms with Crippen molar-refractivity contribution in [1.29, 1.82) is 0 Å². The maximum absolute atomic E-state index is 12.0. The van der Waals surface area contributed by atoms with Gasteiger partial charge in [-0.15, -0.1) is 0 Å². The first-order valence-corrected chi connectivity index (χ1v) is 8.02. The van der Waals surface area contributed by atoms with Crippen LogP contribution in [-0.4, -0.2) is 24.8 Å². The summed E-state index contributed by atoms with van der Waals surface area (Å²) in [6, 6.07) is 12.8. The Bertz CT molecular complexity index is 757. The minimum atomic E-state index is -0.254. The van der Waals surface area contributed by atoms with E-state index < -0.39 is 0 Å². The highest BCUT2D eigenvalue weighted by molar-refractivity contribution is 5.95. The van der Waals surface area contributed by atoms with E-state index >= 15 is 0 Å². The lowest BCUT2D eigenvalue weighted by molar-refractivity contribution is 0.0955. The number of ether oxygens (including phenoxy) is 2. The van der Waals surface area contributed by atoms with E-state index in [0.717, 1.165) is 29.0 Å². The van der Waals surface area contributed by atoms with Gasteiger partial charge >= 0.3 is 0 Å². The summed E-state index contributed by atoms with van der Waals surface area (Å²) >= 11 is 0. The molecule has 2 aromatic rings. The van der Waals surface area contributed by atoms with Crippen LogP contribution in [0.2, 0.25) is 0 Å². The van der Waals surface area contributed by atoms with Crippen LogP contribution in [0.15, 0.2) is 47.6 Å². The van der Waals surface area contributed by atoms with E-state index in [1.54, 1.807) is 18.3 Å². The summed E-state index contributed by atoms with van der Waals surface area (Å²) in [7, 11) is 0. The van der Waals surface area contributed by atoms with Gasteiger partial charge in [-0.05, 0) is 38.1 Å². The zero-order valence-corrected chi connectivity index (χ0v) is 13.8. The maximum atomic E-state index is 12.0. The fourth-order valence-electron chi connectivity index (χ4n) is 2.65. The molecular formula is C19H20N2O3. The summed E-state index contributed by atoms with van der Waals surface area (Å²) in [6.07, 6.45) is 2.62. The van der Waals surface area contributed by atoms with Crippen molar-refractivity contribution in [2.24, 2.45) is 5.10 Å². The number of benzene rings is 2. The Labute approximate surface area is 141 Å². The van der Waals surface area contributed by atoms with Crippen LogP contribution in [0.4, 0.5) is 0 Å². The molecule has 0 aromatic heterocycles. The minimum Gasteiger partial charge on any atom is -0.493 e. The fraction of sp³-hybridized carbons (Fsp3) is 0.263. The van der Waals surface area contributed by atoms with Gasteiger partial charge in [0.15, 0.2) is 0 Å². The van der Waals surface area contributed by atoms with Crippen molar-refractivity contribution in [3.05, 3.63) is 59.2 Å². The predicted molar refractivity (Wildman–Crippen MR) is 92.9 cm³/mol. The highest BCUT2D eigenvalue weighted by atomic mass is 16.5. The van der Waals surface area contributed by atoms with Gasteiger partial charge in [0.1, 0.15) is 17.6 Å². The molecule has 0 unspecified atom stereocenters. The standard InChI is InChI=1S/C19H20N2O3/c1-3-23-17-10-15-9-13(2)24-18(15)11-16(17)12-20-21-19(22)14-7-5-4-6-8-14/h4-8,10-13H,3,9H2,1-2H3,(H,21,22)/b20-12-/t13-/m0/s1. The molecule has 0 radical (unpaired) electrons. The largest absolute Gasteiger partial charge is 0.493 e. The maximum Gasteiger partial charge on any atom is 0.271 e. The van der Waals surface area contributed by atoms with Crippen LogP contribution in [0.25, 0.3) is 0 Å². The third-order valence-electron chi connectivity index (χ3n) is 3.73. The number of amides is 1. The summed E-state index contributed by atoms with van der Waals surface area (Å²) in [5, 5.41) is 4.05. The number of rotatable bonds is 5. The SMILES string of the molecule is CCOc1cc2c(cc1/C=N\NC(=O)c1ccccc1)O[C@@H](C)C2. The number of hydrazone groups is 1. The summed E-state index contributed by atoms with van der Waals surface area (Å²) < 4.78 is 11.5. The number of fused-ring (bicyclic) bond motifs is 1. The molecule has 0 spiro atoms. The van der Waals surface area contributed by atoms with E-state index in [9.17, 15) is 4.79 Å². The zero-order chi connectivity index (χ0) is 16.9. The number of carbonyl (C=O) groups is 1. The molecule has 0 saturated heterocycles. The van der Waals surface area contributed by atoms with Crippen LogP contribution in [-0.2, 0) is 6.42 Å². The van der Waals surface area contributed by atoms with E-state index in [0.29, 0.717) is 12.2 Å². The quantitative estimate of drug-likeness (QED) is 0.679. The van der Waals surface area contributed by atoms with Crippen LogP contribution in [0.5, 0.6) is 11.5 Å². The molecule has 5 nitrogen and oxygen atoms in total. The number of hydrogen-bond donors (Lipinski definition) is 1. The summed E-state index contributed by atoms with van der Waals surface area (Å²) in [6.45, 7) is 4.53. The summed E-state index contributed by atoms with van der Waals surface area (Å²) in [5.74, 6) is 1.34. The Morgan fingerprint density at radius 3 is 2.92 bits per heavy atom. The average Bonchev–Trinajstić information content (AvgIpc) is 2.95. The molecule has 1 heterocycles. The molecule has 1 aliphatic rings. The highest BCUT2D eigenvalue weighted by Gasteiger charge is 2.21. The van der Waals surface area contributed by atoms with Gasteiger partial charge in [-0.2, -0.15) is 5.10 Å². The van der Waals surface area contributed by atoms with Crippen LogP contribution < -0.4 is 14.9 Å². The van der Waals surface area contributed by atoms with Gasteiger partial charge in [-0.25, -0.2) is 5.43 Å². The smallest absolute Gasteiger partial charge is 0.271 e. The minimum absolute atomic E-state index is 0.166. The first kappa shape index (κ1) is 16.1. The molecule has 0 bridgehead atoms. The molecule has 24 heavy (non-hydrogen) atoms. The van der Waals surface area contributed by atoms with Crippen molar-refractivity contribution in [2.75, 3.05) is 6.61 Å². The van der Waals surface area contributed by atoms with E-state index in [2.05, 4.69) is 10.5 Å². The second-order valence-corrected chi connectivity index (χ2v) is 5.63. The van der Waals surface area contributed by atoms with Crippen LogP contribution >= 0.6 is 0 Å². The van der Waals surface area contributed by atoms with Gasteiger partial charge in [-0.1, -0.05) is 18.2 Å². The van der Waals surface area contributed by atoms with E-state index in [-0.39, 0.29) is 12.0 Å². The topological polar surface area (TPSA) is 59.9 Å². The van der Waals surface area contributed by atoms with Crippen LogP contribution in [0.1, 0.15) is 35.3 Å². The Kier molecular flexibility index (Phi) is 4.79. The first-order chi connectivity index (χ1) is 11.7. The normalized spacial score (nSPS) is 15.8. The zero-order valence-electron chi connectivity index (χ0n) is 13.8. The van der Waals surface area contributed by atoms with Crippen molar-refractivity contribution < 1.29 is 14.3 Å². The Morgan fingerprint density at radius 2 is 2.17 bits per heavy atom. The number of nitrogens with one attached hydrogen (secondary N) is 1. The second kappa shape index (κ2) is 7.17. The van der Waals surface area contributed by atoms with E-state index in [1.807, 2.05) is 44.2 Å². The molecule has 0 saturated carbocycles. The van der Waals surface area contributed by atoms with Gasteiger partial charge in [0.2, 0.25) is 0 Å². The molecule has 1 N–H and O–H groups in total. The van der Waals surface area contributed by atoms with Crippen molar-refractivity contribution in [3.8, 4) is 11.5 Å². The van der Waals surface area contributed by atoms with Gasteiger partial charge in [0.05, 0.1) is 12.8 Å². The van der Waals surface area contributed by atoms with Crippen molar-refractivity contribution in [3.63, 3.8) is 0 Å². The first-order valence-electron chi connectivity index (χ1n) is 8.02. The molecule has 2 aromatic carbocycles. The molecule has 1 atom stereocenters. The van der Waals surface area contributed by atoms with Crippen LogP contribution in [0, 0.1) is 0 Å². The second-order valence-electron chi connectivity index (χ2n) is 5.63. The predicted octanol–water partition coefficient (Wildman–Crippen LogP) is 3.17. The monoisotopic (exact) mass is 324 g/mol. The van der Waals surface area contributed by atoms with E-state index in [1.165, 1.54) is 0 Å². The molecule has 0 aliphatic carbocycles. The summed E-state index contributed by atoms with van der Waals surface area (Å²) in [4.78, 5) is 12.0. The fourth-order valence-corrected chi connectivity index (χ4v) is 2.65. The lowest BCUT2D eigenvalue weighted by atomic mass is 10.1. The van der Waals surface area contributed by atoms with Gasteiger partial charge < -0.3 is 9.47 Å². The molecule has 1 amide bonds. The average molecular weight is 324 g/mol. The summed E-state index contributed by atoms with van der Waals surface area (Å²) in [5.41, 5.74) is 5.00. The lowest BCUT2D eigenvalue weighted by Crippen LogP contribution is -2.17. The van der Waals surface area contributed by atoms with E-state index in [4.69, 9.17) is 9.47 Å².